The number of anilines is 1. The van der Waals surface area contributed by atoms with E-state index in [2.05, 4.69) is 27.6 Å². The van der Waals surface area contributed by atoms with Gasteiger partial charge in [-0.2, -0.15) is 0 Å². The van der Waals surface area contributed by atoms with E-state index in [0.717, 1.165) is 37.1 Å². The highest BCUT2D eigenvalue weighted by Crippen LogP contribution is 2.24. The number of pyridine rings is 1. The Bertz CT molecular complexity index is 485. The Morgan fingerprint density at radius 3 is 2.76 bits per heavy atom. The molecule has 1 amide bonds. The first-order chi connectivity index (χ1) is 10.1. The molecule has 0 unspecified atom stereocenters. The van der Waals surface area contributed by atoms with Crippen molar-refractivity contribution in [3.05, 3.63) is 23.4 Å². The Labute approximate surface area is 127 Å². The molecule has 0 atom stereocenters. The lowest BCUT2D eigenvalue weighted by Gasteiger charge is -2.16. The fourth-order valence-electron chi connectivity index (χ4n) is 2.32. The number of hydrogen-bond acceptors (Lipinski definition) is 4. The van der Waals surface area contributed by atoms with Crippen LogP contribution in [-0.4, -0.2) is 48.5 Å². The summed E-state index contributed by atoms with van der Waals surface area (Å²) < 4.78 is 0. The summed E-state index contributed by atoms with van der Waals surface area (Å²) in [6, 6.07) is 4.43. The van der Waals surface area contributed by atoms with Crippen molar-refractivity contribution in [3.8, 4) is 0 Å². The number of likely N-dealkylation sites (N-methyl/N-ethyl adjacent to an activating group) is 1. The van der Waals surface area contributed by atoms with Crippen LogP contribution in [0.5, 0.6) is 0 Å². The highest BCUT2D eigenvalue weighted by atomic mass is 16.1. The zero-order valence-corrected chi connectivity index (χ0v) is 13.3. The second-order valence-corrected chi connectivity index (χ2v) is 5.58. The third-order valence-electron chi connectivity index (χ3n) is 3.78. The molecule has 0 spiro atoms. The molecule has 1 saturated carbocycles. The molecule has 0 aromatic carbocycles. The molecule has 1 aromatic rings. The van der Waals surface area contributed by atoms with Crippen LogP contribution in [-0.2, 0) is 6.42 Å². The van der Waals surface area contributed by atoms with E-state index in [9.17, 15) is 4.79 Å². The quantitative estimate of drug-likeness (QED) is 0.768. The molecule has 0 radical (unpaired) electrons. The average molecular weight is 290 g/mol. The predicted octanol–water partition coefficient (Wildman–Crippen LogP) is 1.90. The van der Waals surface area contributed by atoms with Gasteiger partial charge in [0.15, 0.2) is 0 Å². The number of rotatable bonds is 8. The fourth-order valence-corrected chi connectivity index (χ4v) is 2.32. The van der Waals surface area contributed by atoms with E-state index >= 15 is 0 Å². The molecule has 0 aliphatic heterocycles. The number of hydrogen-bond donors (Lipinski definition) is 2. The first-order valence-electron chi connectivity index (χ1n) is 7.87. The van der Waals surface area contributed by atoms with Crippen LogP contribution in [0.25, 0.3) is 0 Å². The van der Waals surface area contributed by atoms with Gasteiger partial charge in [-0.1, -0.05) is 6.92 Å². The second kappa shape index (κ2) is 7.41. The van der Waals surface area contributed by atoms with Crippen LogP contribution in [0.3, 0.4) is 0 Å². The predicted molar refractivity (Wildman–Crippen MR) is 85.8 cm³/mol. The minimum absolute atomic E-state index is 0.0181. The summed E-state index contributed by atoms with van der Waals surface area (Å²) in [5.74, 6) is 0.757. The second-order valence-electron chi connectivity index (χ2n) is 5.58. The van der Waals surface area contributed by atoms with Gasteiger partial charge >= 0.3 is 0 Å². The summed E-state index contributed by atoms with van der Waals surface area (Å²) in [5.41, 5.74) is 1.63. The summed E-state index contributed by atoms with van der Waals surface area (Å²) in [5, 5.41) is 6.17. The zero-order valence-electron chi connectivity index (χ0n) is 13.3. The molecule has 2 N–H and O–H groups in total. The van der Waals surface area contributed by atoms with Crippen molar-refractivity contribution in [2.24, 2.45) is 0 Å². The number of nitrogens with one attached hydrogen (secondary N) is 2. The number of aryl methyl sites for hydroxylation is 1. The minimum atomic E-state index is -0.0181. The van der Waals surface area contributed by atoms with E-state index < -0.39 is 0 Å². The average Bonchev–Trinajstić information content (AvgIpc) is 3.31. The maximum absolute atomic E-state index is 12.3. The summed E-state index contributed by atoms with van der Waals surface area (Å²) >= 11 is 0. The summed E-state index contributed by atoms with van der Waals surface area (Å²) in [6.07, 6.45) is 3.41. The molecule has 0 saturated heterocycles. The standard InChI is InChI=1S/C16H26N4O/c1-4-13-10-12(11-15(19-13)17-5-2)16(21)18-8-9-20(3)14-6-7-14/h10-11,14H,4-9H2,1-3H3,(H,17,19)(H,18,21). The lowest BCUT2D eigenvalue weighted by Crippen LogP contribution is -2.34. The molecular formula is C16H26N4O. The summed E-state index contributed by atoms with van der Waals surface area (Å²) in [4.78, 5) is 19.0. The number of aromatic nitrogens is 1. The topological polar surface area (TPSA) is 57.3 Å². The molecule has 116 valence electrons. The minimum Gasteiger partial charge on any atom is -0.370 e. The summed E-state index contributed by atoms with van der Waals surface area (Å²) in [7, 11) is 2.12. The van der Waals surface area contributed by atoms with E-state index in [1.807, 2.05) is 26.0 Å². The highest BCUT2D eigenvalue weighted by molar-refractivity contribution is 5.95. The Balaban J connectivity index is 1.92. The van der Waals surface area contributed by atoms with Gasteiger partial charge in [0.1, 0.15) is 5.82 Å². The van der Waals surface area contributed by atoms with Crippen LogP contribution in [0.1, 0.15) is 42.7 Å². The number of carbonyl (C=O) groups is 1. The molecule has 1 aromatic heterocycles. The molecule has 1 heterocycles. The first-order valence-corrected chi connectivity index (χ1v) is 7.87. The molecule has 1 aliphatic rings. The van der Waals surface area contributed by atoms with Crippen molar-refractivity contribution in [3.63, 3.8) is 0 Å². The smallest absolute Gasteiger partial charge is 0.251 e. The van der Waals surface area contributed by atoms with Gasteiger partial charge in [0.25, 0.3) is 5.91 Å². The molecule has 2 rings (SSSR count). The molecule has 5 heteroatoms. The largest absolute Gasteiger partial charge is 0.370 e. The van der Waals surface area contributed by atoms with Crippen LogP contribution in [0.2, 0.25) is 0 Å². The van der Waals surface area contributed by atoms with Crippen LogP contribution in [0.4, 0.5) is 5.82 Å². The number of carbonyl (C=O) groups excluding carboxylic acids is 1. The van der Waals surface area contributed by atoms with Crippen molar-refractivity contribution < 1.29 is 4.79 Å². The number of amides is 1. The Kier molecular flexibility index (Phi) is 5.56. The molecule has 1 fully saturated rings. The van der Waals surface area contributed by atoms with Crippen molar-refractivity contribution in [2.45, 2.75) is 39.2 Å². The fraction of sp³-hybridized carbons (Fsp3) is 0.625. The zero-order chi connectivity index (χ0) is 15.2. The van der Waals surface area contributed by atoms with E-state index in [-0.39, 0.29) is 5.91 Å². The van der Waals surface area contributed by atoms with Crippen LogP contribution in [0.15, 0.2) is 12.1 Å². The third kappa shape index (κ3) is 4.70. The van der Waals surface area contributed by atoms with Crippen molar-refractivity contribution >= 4 is 11.7 Å². The van der Waals surface area contributed by atoms with E-state index in [4.69, 9.17) is 0 Å². The van der Waals surface area contributed by atoms with Gasteiger partial charge in [-0.25, -0.2) is 4.98 Å². The number of nitrogens with zero attached hydrogens (tertiary/aromatic N) is 2. The van der Waals surface area contributed by atoms with Gasteiger partial charge in [0.05, 0.1) is 0 Å². The first kappa shape index (κ1) is 15.8. The normalized spacial score (nSPS) is 14.3. The SMILES string of the molecule is CCNc1cc(C(=O)NCCN(C)C2CC2)cc(CC)n1. The van der Waals surface area contributed by atoms with Gasteiger partial charge in [-0.3, -0.25) is 4.79 Å². The lowest BCUT2D eigenvalue weighted by molar-refractivity contribution is 0.0949. The van der Waals surface area contributed by atoms with Gasteiger partial charge in [-0.05, 0) is 45.4 Å². The van der Waals surface area contributed by atoms with Crippen molar-refractivity contribution in [2.75, 3.05) is 32.0 Å². The Hall–Kier alpha value is -1.62. The third-order valence-corrected chi connectivity index (χ3v) is 3.78. The lowest BCUT2D eigenvalue weighted by atomic mass is 10.2. The highest BCUT2D eigenvalue weighted by Gasteiger charge is 2.25. The maximum atomic E-state index is 12.3. The summed E-state index contributed by atoms with van der Waals surface area (Å²) in [6.45, 7) is 6.46. The van der Waals surface area contributed by atoms with Gasteiger partial charge in [0.2, 0.25) is 0 Å². The van der Waals surface area contributed by atoms with E-state index in [0.29, 0.717) is 12.1 Å². The molecule has 21 heavy (non-hydrogen) atoms. The monoisotopic (exact) mass is 290 g/mol. The van der Waals surface area contributed by atoms with E-state index in [1.54, 1.807) is 0 Å². The van der Waals surface area contributed by atoms with Crippen molar-refractivity contribution in [1.29, 1.82) is 0 Å². The molecule has 5 nitrogen and oxygen atoms in total. The Morgan fingerprint density at radius 1 is 1.38 bits per heavy atom. The maximum Gasteiger partial charge on any atom is 0.251 e. The van der Waals surface area contributed by atoms with Crippen molar-refractivity contribution in [1.82, 2.24) is 15.2 Å². The van der Waals surface area contributed by atoms with E-state index in [1.165, 1.54) is 12.8 Å². The van der Waals surface area contributed by atoms with Crippen LogP contribution in [0, 0.1) is 0 Å². The molecule has 1 aliphatic carbocycles. The van der Waals surface area contributed by atoms with Crippen LogP contribution >= 0.6 is 0 Å². The van der Waals surface area contributed by atoms with Crippen LogP contribution < -0.4 is 10.6 Å². The Morgan fingerprint density at radius 2 is 2.14 bits per heavy atom. The van der Waals surface area contributed by atoms with Gasteiger partial charge < -0.3 is 15.5 Å². The van der Waals surface area contributed by atoms with Gasteiger partial charge in [0, 0.05) is 36.9 Å². The molecule has 0 bridgehead atoms. The molecular weight excluding hydrogens is 264 g/mol. The van der Waals surface area contributed by atoms with Gasteiger partial charge in [-0.15, -0.1) is 0 Å².